The van der Waals surface area contributed by atoms with Gasteiger partial charge < -0.3 is 4.90 Å². The molecule has 1 fully saturated rings. The second-order valence-corrected chi connectivity index (χ2v) is 5.17. The van der Waals surface area contributed by atoms with Crippen LogP contribution in [-0.2, 0) is 0 Å². The first-order valence-corrected chi connectivity index (χ1v) is 6.66. The average molecular weight is 246 g/mol. The summed E-state index contributed by atoms with van der Waals surface area (Å²) >= 11 is 0. The smallest absolute Gasteiger partial charge is 0.152 e. The Balaban J connectivity index is 2.24. The molecule has 1 heterocycles. The van der Waals surface area contributed by atoms with Gasteiger partial charge in [0.1, 0.15) is 0 Å². The summed E-state index contributed by atoms with van der Waals surface area (Å²) in [5, 5.41) is 0. The number of aldehydes is 1. The Bertz CT molecular complexity index is 431. The number of aryl methyl sites for hydroxylation is 1. The van der Waals surface area contributed by atoms with E-state index < -0.39 is 0 Å². The molecular formula is C15H22N2O. The topological polar surface area (TPSA) is 23.6 Å². The molecule has 0 aromatic heterocycles. The molecule has 1 aliphatic rings. The summed E-state index contributed by atoms with van der Waals surface area (Å²) in [4.78, 5) is 16.0. The molecule has 98 valence electrons. The van der Waals surface area contributed by atoms with Gasteiger partial charge in [-0.1, -0.05) is 18.6 Å². The van der Waals surface area contributed by atoms with Crippen molar-refractivity contribution in [3.8, 4) is 0 Å². The second kappa shape index (κ2) is 5.53. The van der Waals surface area contributed by atoms with Crippen molar-refractivity contribution in [2.45, 2.75) is 26.3 Å². The average Bonchev–Trinajstić information content (AvgIpc) is 2.39. The largest absolute Gasteiger partial charge is 0.368 e. The van der Waals surface area contributed by atoms with Gasteiger partial charge in [-0.25, -0.2) is 0 Å². The number of hydrogen-bond donors (Lipinski definition) is 0. The molecule has 1 aliphatic heterocycles. The third-order valence-corrected chi connectivity index (χ3v) is 3.90. The lowest BCUT2D eigenvalue weighted by Gasteiger charge is -2.40. The number of nitrogens with zero attached hydrogens (tertiary/aromatic N) is 2. The van der Waals surface area contributed by atoms with E-state index in [2.05, 4.69) is 35.9 Å². The fourth-order valence-electron chi connectivity index (χ4n) is 2.66. The number of hydrogen-bond acceptors (Lipinski definition) is 3. The molecule has 0 N–H and O–H groups in total. The Kier molecular flexibility index (Phi) is 4.02. The molecule has 0 saturated carbocycles. The van der Waals surface area contributed by atoms with Gasteiger partial charge in [-0.15, -0.1) is 0 Å². The van der Waals surface area contributed by atoms with Crippen molar-refractivity contribution in [1.29, 1.82) is 0 Å². The lowest BCUT2D eigenvalue weighted by atomic mass is 10.1. The number of carbonyl (C=O) groups excluding carboxylic acids is 1. The molecule has 0 amide bonds. The van der Waals surface area contributed by atoms with Crippen LogP contribution in [0.25, 0.3) is 0 Å². The minimum absolute atomic E-state index is 0.583. The van der Waals surface area contributed by atoms with Crippen LogP contribution in [0, 0.1) is 6.92 Å². The summed E-state index contributed by atoms with van der Waals surface area (Å²) in [5.74, 6) is 0. The van der Waals surface area contributed by atoms with Gasteiger partial charge in [-0.05, 0) is 32.5 Å². The highest BCUT2D eigenvalue weighted by Gasteiger charge is 2.24. The number of rotatable bonds is 3. The third-order valence-electron chi connectivity index (χ3n) is 3.90. The van der Waals surface area contributed by atoms with Gasteiger partial charge in [-0.2, -0.15) is 0 Å². The van der Waals surface area contributed by atoms with Crippen LogP contribution in [0.4, 0.5) is 5.69 Å². The van der Waals surface area contributed by atoms with Crippen LogP contribution in [0.2, 0.25) is 0 Å². The summed E-state index contributed by atoms with van der Waals surface area (Å²) < 4.78 is 0. The van der Waals surface area contributed by atoms with Crippen LogP contribution in [0.5, 0.6) is 0 Å². The summed E-state index contributed by atoms with van der Waals surface area (Å²) in [6.07, 6.45) is 2.12. The minimum atomic E-state index is 0.583. The third kappa shape index (κ3) is 2.56. The van der Waals surface area contributed by atoms with Crippen molar-refractivity contribution in [2.75, 3.05) is 31.6 Å². The van der Waals surface area contributed by atoms with Crippen molar-refractivity contribution in [1.82, 2.24) is 4.90 Å². The first-order chi connectivity index (χ1) is 8.65. The van der Waals surface area contributed by atoms with E-state index in [0.717, 1.165) is 49.2 Å². The molecule has 18 heavy (non-hydrogen) atoms. The fraction of sp³-hybridized carbons (Fsp3) is 0.533. The number of carbonyl (C=O) groups is 1. The van der Waals surface area contributed by atoms with Crippen LogP contribution in [0.1, 0.15) is 29.3 Å². The van der Waals surface area contributed by atoms with Gasteiger partial charge in [-0.3, -0.25) is 9.69 Å². The number of anilines is 1. The van der Waals surface area contributed by atoms with E-state index in [9.17, 15) is 4.79 Å². The Morgan fingerprint density at radius 1 is 1.39 bits per heavy atom. The minimum Gasteiger partial charge on any atom is -0.368 e. The van der Waals surface area contributed by atoms with Crippen LogP contribution < -0.4 is 4.90 Å². The van der Waals surface area contributed by atoms with Gasteiger partial charge in [0.2, 0.25) is 0 Å². The van der Waals surface area contributed by atoms with Gasteiger partial charge in [0, 0.05) is 36.9 Å². The van der Waals surface area contributed by atoms with E-state index in [0.29, 0.717) is 6.04 Å². The van der Waals surface area contributed by atoms with Crippen molar-refractivity contribution < 1.29 is 4.79 Å². The predicted molar refractivity (Wildman–Crippen MR) is 75.5 cm³/mol. The zero-order valence-electron chi connectivity index (χ0n) is 11.5. The van der Waals surface area contributed by atoms with Crippen LogP contribution in [-0.4, -0.2) is 43.9 Å². The zero-order chi connectivity index (χ0) is 13.1. The summed E-state index contributed by atoms with van der Waals surface area (Å²) in [6.45, 7) is 7.31. The SMILES string of the molecule is CCC1CN(c2ccc(C)cc2C=O)CCN1C. The quantitative estimate of drug-likeness (QED) is 0.765. The lowest BCUT2D eigenvalue weighted by Crippen LogP contribution is -2.51. The molecule has 0 aliphatic carbocycles. The highest BCUT2D eigenvalue weighted by molar-refractivity contribution is 5.85. The summed E-state index contributed by atoms with van der Waals surface area (Å²) in [5.41, 5.74) is 3.04. The molecule has 0 radical (unpaired) electrons. The van der Waals surface area contributed by atoms with Gasteiger partial charge >= 0.3 is 0 Å². The van der Waals surface area contributed by atoms with Crippen molar-refractivity contribution >= 4 is 12.0 Å². The van der Waals surface area contributed by atoms with E-state index in [1.54, 1.807) is 0 Å². The molecule has 1 unspecified atom stereocenters. The van der Waals surface area contributed by atoms with E-state index in [4.69, 9.17) is 0 Å². The van der Waals surface area contributed by atoms with E-state index in [1.165, 1.54) is 0 Å². The number of benzene rings is 1. The van der Waals surface area contributed by atoms with Gasteiger partial charge in [0.15, 0.2) is 6.29 Å². The highest BCUT2D eigenvalue weighted by atomic mass is 16.1. The Hall–Kier alpha value is -1.35. The monoisotopic (exact) mass is 246 g/mol. The van der Waals surface area contributed by atoms with E-state index in [-0.39, 0.29) is 0 Å². The molecule has 0 spiro atoms. The molecule has 1 saturated heterocycles. The standard InChI is InChI=1S/C15H22N2O/c1-4-14-10-17(8-7-16(14)3)15-6-5-12(2)9-13(15)11-18/h5-6,9,11,14H,4,7-8,10H2,1-3H3. The first-order valence-electron chi connectivity index (χ1n) is 6.66. The van der Waals surface area contributed by atoms with Crippen LogP contribution >= 0.6 is 0 Å². The summed E-state index contributed by atoms with van der Waals surface area (Å²) in [6, 6.07) is 6.72. The number of piperazine rings is 1. The van der Waals surface area contributed by atoms with Crippen LogP contribution in [0.3, 0.4) is 0 Å². The summed E-state index contributed by atoms with van der Waals surface area (Å²) in [7, 11) is 2.18. The Morgan fingerprint density at radius 3 is 2.83 bits per heavy atom. The fourth-order valence-corrected chi connectivity index (χ4v) is 2.66. The van der Waals surface area contributed by atoms with Gasteiger partial charge in [0.25, 0.3) is 0 Å². The van der Waals surface area contributed by atoms with Crippen molar-refractivity contribution in [3.05, 3.63) is 29.3 Å². The molecule has 0 bridgehead atoms. The first kappa shape index (κ1) is 13.1. The van der Waals surface area contributed by atoms with Crippen LogP contribution in [0.15, 0.2) is 18.2 Å². The van der Waals surface area contributed by atoms with E-state index >= 15 is 0 Å². The Labute approximate surface area is 109 Å². The van der Waals surface area contributed by atoms with Crippen molar-refractivity contribution in [2.24, 2.45) is 0 Å². The molecule has 2 rings (SSSR count). The number of likely N-dealkylation sites (N-methyl/N-ethyl adjacent to an activating group) is 1. The zero-order valence-corrected chi connectivity index (χ0v) is 11.5. The van der Waals surface area contributed by atoms with E-state index in [1.807, 2.05) is 13.0 Å². The molecule has 1 aromatic rings. The normalized spacial score (nSPS) is 21.1. The predicted octanol–water partition coefficient (Wildman–Crippen LogP) is 2.34. The molecule has 1 aromatic carbocycles. The molecule has 3 heteroatoms. The molecule has 3 nitrogen and oxygen atoms in total. The van der Waals surface area contributed by atoms with Gasteiger partial charge in [0.05, 0.1) is 0 Å². The maximum Gasteiger partial charge on any atom is 0.152 e. The van der Waals surface area contributed by atoms with Crippen molar-refractivity contribution in [3.63, 3.8) is 0 Å². The Morgan fingerprint density at radius 2 is 2.17 bits per heavy atom. The lowest BCUT2D eigenvalue weighted by molar-refractivity contribution is 0.112. The maximum absolute atomic E-state index is 11.2. The highest BCUT2D eigenvalue weighted by Crippen LogP contribution is 2.24. The second-order valence-electron chi connectivity index (χ2n) is 5.17. The maximum atomic E-state index is 11.2. The molecule has 1 atom stereocenters. The molecular weight excluding hydrogens is 224 g/mol.